The maximum atomic E-state index is 12.1. The fourth-order valence-corrected chi connectivity index (χ4v) is 2.72. The van der Waals surface area contributed by atoms with Gasteiger partial charge in [0.1, 0.15) is 18.3 Å². The van der Waals surface area contributed by atoms with Crippen molar-refractivity contribution in [2.45, 2.75) is 77.7 Å². The minimum absolute atomic E-state index is 0.0572. The highest BCUT2D eigenvalue weighted by atomic mass is 16.8. The molecule has 2 rings (SSSR count). The van der Waals surface area contributed by atoms with Crippen LogP contribution in [0.1, 0.15) is 34.6 Å². The van der Waals surface area contributed by atoms with Crippen LogP contribution in [-0.2, 0) is 33.2 Å². The van der Waals surface area contributed by atoms with Crippen molar-refractivity contribution in [1.29, 1.82) is 0 Å². The zero-order valence-corrected chi connectivity index (χ0v) is 14.7. The number of carbonyl (C=O) groups is 1. The summed E-state index contributed by atoms with van der Waals surface area (Å²) >= 11 is 0. The zero-order chi connectivity index (χ0) is 17.1. The molecule has 2 aliphatic heterocycles. The minimum atomic E-state index is -0.719. The monoisotopic (exact) mass is 332 g/mol. The number of ether oxygens (including phenoxy) is 6. The molecule has 7 heteroatoms. The van der Waals surface area contributed by atoms with Crippen LogP contribution < -0.4 is 0 Å². The molecular formula is C16H28O7. The molecule has 0 N–H and O–H groups in total. The largest absolute Gasteiger partial charge is 0.454 e. The van der Waals surface area contributed by atoms with Crippen molar-refractivity contribution in [3.8, 4) is 0 Å². The number of hydrogen-bond acceptors (Lipinski definition) is 7. The Kier molecular flexibility index (Phi) is 6.39. The Morgan fingerprint density at radius 3 is 2.39 bits per heavy atom. The first-order chi connectivity index (χ1) is 10.8. The quantitative estimate of drug-likeness (QED) is 0.706. The SMILES string of the molecule is CO[C@H]1OC2COC(C)O[C@H]2[C@H](OC(C)C)C1OC(=O)C(C)C. The summed E-state index contributed by atoms with van der Waals surface area (Å²) in [5.74, 6) is -0.573. The highest BCUT2D eigenvalue weighted by Crippen LogP contribution is 2.33. The van der Waals surface area contributed by atoms with E-state index in [1.165, 1.54) is 7.11 Å². The predicted octanol–water partition coefficient (Wildman–Crippen LogP) is 1.48. The van der Waals surface area contributed by atoms with Gasteiger partial charge in [-0.15, -0.1) is 0 Å². The first-order valence-electron chi connectivity index (χ1n) is 8.14. The molecule has 7 nitrogen and oxygen atoms in total. The maximum Gasteiger partial charge on any atom is 0.308 e. The molecule has 23 heavy (non-hydrogen) atoms. The van der Waals surface area contributed by atoms with Crippen molar-refractivity contribution in [1.82, 2.24) is 0 Å². The van der Waals surface area contributed by atoms with Crippen LogP contribution in [-0.4, -0.2) is 62.8 Å². The van der Waals surface area contributed by atoms with Crippen molar-refractivity contribution in [3.05, 3.63) is 0 Å². The maximum absolute atomic E-state index is 12.1. The molecule has 6 atom stereocenters. The molecule has 0 aromatic rings. The summed E-state index contributed by atoms with van der Waals surface area (Å²) in [6.45, 7) is 9.62. The molecule has 0 aromatic heterocycles. The lowest BCUT2D eigenvalue weighted by molar-refractivity contribution is -0.361. The van der Waals surface area contributed by atoms with Crippen molar-refractivity contribution >= 4 is 5.97 Å². The van der Waals surface area contributed by atoms with Crippen molar-refractivity contribution in [2.75, 3.05) is 13.7 Å². The van der Waals surface area contributed by atoms with E-state index in [2.05, 4.69) is 0 Å². The smallest absolute Gasteiger partial charge is 0.308 e. The van der Waals surface area contributed by atoms with Gasteiger partial charge in [-0.2, -0.15) is 0 Å². The molecule has 2 heterocycles. The van der Waals surface area contributed by atoms with Crippen LogP contribution in [0.3, 0.4) is 0 Å². The zero-order valence-electron chi connectivity index (χ0n) is 14.7. The lowest BCUT2D eigenvalue weighted by atomic mass is 9.97. The molecule has 2 fully saturated rings. The Morgan fingerprint density at radius 1 is 1.13 bits per heavy atom. The van der Waals surface area contributed by atoms with Crippen LogP contribution in [0.15, 0.2) is 0 Å². The molecule has 2 saturated heterocycles. The van der Waals surface area contributed by atoms with Gasteiger partial charge in [-0.25, -0.2) is 0 Å². The topological polar surface area (TPSA) is 72.5 Å². The van der Waals surface area contributed by atoms with Gasteiger partial charge in [-0.05, 0) is 20.8 Å². The third kappa shape index (κ3) is 4.42. The van der Waals surface area contributed by atoms with Gasteiger partial charge in [-0.3, -0.25) is 4.79 Å². The van der Waals surface area contributed by atoms with Crippen LogP contribution in [0.25, 0.3) is 0 Å². The number of esters is 1. The average molecular weight is 332 g/mol. The van der Waals surface area contributed by atoms with E-state index in [-0.39, 0.29) is 36.5 Å². The molecule has 0 aromatic carbocycles. The van der Waals surface area contributed by atoms with Crippen LogP contribution in [0.2, 0.25) is 0 Å². The Bertz CT molecular complexity index is 398. The van der Waals surface area contributed by atoms with Crippen molar-refractivity contribution in [3.63, 3.8) is 0 Å². The summed E-state index contributed by atoms with van der Waals surface area (Å²) in [5, 5.41) is 0. The lowest BCUT2D eigenvalue weighted by Gasteiger charge is -2.48. The minimum Gasteiger partial charge on any atom is -0.454 e. The number of hydrogen-bond donors (Lipinski definition) is 0. The third-order valence-corrected chi connectivity index (χ3v) is 3.82. The summed E-state index contributed by atoms with van der Waals surface area (Å²) in [6.07, 6.45) is -3.01. The fourth-order valence-electron chi connectivity index (χ4n) is 2.72. The standard InChI is InChI=1S/C16H28O7/c1-8(2)15(17)23-14-13(20-9(3)4)12-11(22-16(14)18-6)7-19-10(5)21-12/h8-14,16H,7H2,1-6H3/t10?,11?,12-,13+,14?,16+/m1/s1. The molecule has 0 aliphatic carbocycles. The number of fused-ring (bicyclic) bond motifs is 1. The van der Waals surface area contributed by atoms with Crippen LogP contribution in [0.5, 0.6) is 0 Å². The summed E-state index contributed by atoms with van der Waals surface area (Å²) in [5.41, 5.74) is 0. The van der Waals surface area contributed by atoms with Gasteiger partial charge in [0.2, 0.25) is 0 Å². The molecule has 0 bridgehead atoms. The molecular weight excluding hydrogens is 304 g/mol. The van der Waals surface area contributed by atoms with Crippen molar-refractivity contribution in [2.24, 2.45) is 5.92 Å². The molecule has 0 saturated carbocycles. The van der Waals surface area contributed by atoms with Gasteiger partial charge in [0, 0.05) is 7.11 Å². The van der Waals surface area contributed by atoms with Gasteiger partial charge in [0.15, 0.2) is 18.7 Å². The first-order valence-corrected chi connectivity index (χ1v) is 8.14. The Hall–Kier alpha value is -0.730. The van der Waals surface area contributed by atoms with E-state index < -0.39 is 18.5 Å². The molecule has 2 aliphatic rings. The van der Waals surface area contributed by atoms with E-state index in [0.717, 1.165) is 0 Å². The molecule has 0 amide bonds. The van der Waals surface area contributed by atoms with E-state index in [1.807, 2.05) is 20.8 Å². The highest BCUT2D eigenvalue weighted by Gasteiger charge is 2.52. The Labute approximate surface area is 137 Å². The lowest BCUT2D eigenvalue weighted by Crippen LogP contribution is -2.65. The summed E-state index contributed by atoms with van der Waals surface area (Å²) in [7, 11) is 1.51. The predicted molar refractivity (Wildman–Crippen MR) is 80.7 cm³/mol. The third-order valence-electron chi connectivity index (χ3n) is 3.82. The van der Waals surface area contributed by atoms with E-state index in [9.17, 15) is 4.79 Å². The number of rotatable bonds is 5. The van der Waals surface area contributed by atoms with Crippen LogP contribution >= 0.6 is 0 Å². The number of carbonyl (C=O) groups excluding carboxylic acids is 1. The van der Waals surface area contributed by atoms with Gasteiger partial charge in [-0.1, -0.05) is 13.8 Å². The summed E-state index contributed by atoms with van der Waals surface area (Å²) < 4.78 is 34.2. The van der Waals surface area contributed by atoms with E-state index in [0.29, 0.717) is 6.61 Å². The van der Waals surface area contributed by atoms with Gasteiger partial charge < -0.3 is 28.4 Å². The first kappa shape index (κ1) is 18.6. The average Bonchev–Trinajstić information content (AvgIpc) is 2.48. The molecule has 3 unspecified atom stereocenters. The summed E-state index contributed by atoms with van der Waals surface area (Å²) in [4.78, 5) is 12.1. The normalized spacial score (nSPS) is 37.7. The molecule has 0 spiro atoms. The Morgan fingerprint density at radius 2 is 1.83 bits per heavy atom. The van der Waals surface area contributed by atoms with Crippen LogP contribution in [0.4, 0.5) is 0 Å². The summed E-state index contributed by atoms with van der Waals surface area (Å²) in [6, 6.07) is 0. The second-order valence-corrected chi connectivity index (χ2v) is 6.49. The van der Waals surface area contributed by atoms with Crippen molar-refractivity contribution < 1.29 is 33.2 Å². The number of methoxy groups -OCH3 is 1. The van der Waals surface area contributed by atoms with Crippen LogP contribution in [0, 0.1) is 5.92 Å². The fraction of sp³-hybridized carbons (Fsp3) is 0.938. The second kappa shape index (κ2) is 7.90. The molecule has 134 valence electrons. The van der Waals surface area contributed by atoms with E-state index in [1.54, 1.807) is 13.8 Å². The van der Waals surface area contributed by atoms with E-state index in [4.69, 9.17) is 28.4 Å². The highest BCUT2D eigenvalue weighted by molar-refractivity contribution is 5.71. The van der Waals surface area contributed by atoms with Gasteiger partial charge in [0.25, 0.3) is 0 Å². The Balaban J connectivity index is 2.23. The molecule has 0 radical (unpaired) electrons. The van der Waals surface area contributed by atoms with Gasteiger partial charge in [0.05, 0.1) is 18.6 Å². The van der Waals surface area contributed by atoms with Gasteiger partial charge >= 0.3 is 5.97 Å². The second-order valence-electron chi connectivity index (χ2n) is 6.49. The van der Waals surface area contributed by atoms with E-state index >= 15 is 0 Å².